The van der Waals surface area contributed by atoms with Crippen LogP contribution in [-0.2, 0) is 14.0 Å². The van der Waals surface area contributed by atoms with Crippen LogP contribution in [0.25, 0.3) is 0 Å². The lowest BCUT2D eigenvalue weighted by atomic mass is 9.69. The highest BCUT2D eigenvalue weighted by atomic mass is 16.7. The average Bonchev–Trinajstić information content (AvgIpc) is 2.94. The molecule has 26 heavy (non-hydrogen) atoms. The molecule has 2 aliphatic heterocycles. The van der Waals surface area contributed by atoms with E-state index in [4.69, 9.17) is 14.0 Å². The smallest absolute Gasteiger partial charge is 0.443 e. The number of fused-ring (bicyclic) bond motifs is 1. The minimum atomic E-state index is -0.539. The van der Waals surface area contributed by atoms with Crippen LogP contribution in [0.3, 0.4) is 0 Å². The molecule has 2 aliphatic rings. The van der Waals surface area contributed by atoms with Crippen molar-refractivity contribution in [3.63, 3.8) is 0 Å². The molecule has 0 radical (unpaired) electrons. The van der Waals surface area contributed by atoms with E-state index < -0.39 is 23.9 Å². The Balaban J connectivity index is 1.94. The second-order valence-electron chi connectivity index (χ2n) is 9.33. The molecule has 0 bridgehead atoms. The molecule has 1 saturated heterocycles. The van der Waals surface area contributed by atoms with Gasteiger partial charge in [0.25, 0.3) is 0 Å². The topological polar surface area (TPSA) is 48.0 Å². The first kappa shape index (κ1) is 19.2. The third-order valence-corrected chi connectivity index (χ3v) is 5.53. The molecule has 5 nitrogen and oxygen atoms in total. The molecule has 0 spiro atoms. The van der Waals surface area contributed by atoms with Gasteiger partial charge in [0.05, 0.1) is 16.9 Å². The van der Waals surface area contributed by atoms with Gasteiger partial charge in [-0.15, -0.1) is 0 Å². The van der Waals surface area contributed by atoms with Gasteiger partial charge in [0.2, 0.25) is 0 Å². The Labute approximate surface area is 157 Å². The molecule has 1 atom stereocenters. The van der Waals surface area contributed by atoms with E-state index in [1.54, 1.807) is 4.90 Å². The van der Waals surface area contributed by atoms with Crippen LogP contribution in [-0.4, -0.2) is 36.6 Å². The molecule has 0 N–H and O–H groups in total. The fraction of sp³-hybridized carbons (Fsp3) is 0.650. The molecule has 0 aromatic heterocycles. The van der Waals surface area contributed by atoms with Gasteiger partial charge in [0, 0.05) is 12.4 Å². The molecule has 0 saturated carbocycles. The molecular formula is C20H30BNO4. The maximum Gasteiger partial charge on any atom is 0.467 e. The van der Waals surface area contributed by atoms with Crippen LogP contribution in [0, 0.1) is 6.92 Å². The Morgan fingerprint density at radius 2 is 1.77 bits per heavy atom. The van der Waals surface area contributed by atoms with Crippen molar-refractivity contribution in [1.82, 2.24) is 0 Å². The van der Waals surface area contributed by atoms with Crippen molar-refractivity contribution in [2.24, 2.45) is 0 Å². The Kier molecular flexibility index (Phi) is 4.44. The summed E-state index contributed by atoms with van der Waals surface area (Å²) in [4.78, 5) is 14.5. The number of aryl methyl sites for hydroxylation is 1. The van der Waals surface area contributed by atoms with Gasteiger partial charge in [-0.1, -0.05) is 18.2 Å². The van der Waals surface area contributed by atoms with Gasteiger partial charge in [-0.3, -0.25) is 4.90 Å². The predicted octanol–water partition coefficient (Wildman–Crippen LogP) is 4.47. The Morgan fingerprint density at radius 3 is 2.31 bits per heavy atom. The second-order valence-corrected chi connectivity index (χ2v) is 9.33. The Morgan fingerprint density at radius 1 is 1.19 bits per heavy atom. The van der Waals surface area contributed by atoms with E-state index in [0.717, 1.165) is 16.8 Å². The van der Waals surface area contributed by atoms with Gasteiger partial charge in [0.1, 0.15) is 5.60 Å². The zero-order valence-corrected chi connectivity index (χ0v) is 17.2. The molecule has 2 heterocycles. The molecular weight excluding hydrogens is 329 g/mol. The maximum absolute atomic E-state index is 12.8. The fourth-order valence-electron chi connectivity index (χ4n) is 3.50. The number of hydrogen-bond donors (Lipinski definition) is 0. The summed E-state index contributed by atoms with van der Waals surface area (Å²) < 4.78 is 18.2. The number of ether oxygens (including phenoxy) is 1. The van der Waals surface area contributed by atoms with Crippen molar-refractivity contribution in [2.45, 2.75) is 78.0 Å². The summed E-state index contributed by atoms with van der Waals surface area (Å²) in [6.07, 6.45) is -0.327. The molecule has 1 unspecified atom stereocenters. The predicted molar refractivity (Wildman–Crippen MR) is 104 cm³/mol. The zero-order chi connectivity index (χ0) is 19.5. The van der Waals surface area contributed by atoms with Crippen molar-refractivity contribution in [3.05, 3.63) is 29.3 Å². The largest absolute Gasteiger partial charge is 0.467 e. The van der Waals surface area contributed by atoms with Crippen LogP contribution in [0.2, 0.25) is 0 Å². The van der Waals surface area contributed by atoms with Gasteiger partial charge in [-0.2, -0.15) is 0 Å². The third-order valence-electron chi connectivity index (χ3n) is 5.53. The highest BCUT2D eigenvalue weighted by molar-refractivity contribution is 6.48. The van der Waals surface area contributed by atoms with Crippen LogP contribution < -0.4 is 4.90 Å². The van der Waals surface area contributed by atoms with Gasteiger partial charge >= 0.3 is 13.2 Å². The maximum atomic E-state index is 12.8. The summed E-state index contributed by atoms with van der Waals surface area (Å²) in [6, 6.07) is 6.09. The molecule has 0 aliphatic carbocycles. The zero-order valence-electron chi connectivity index (χ0n) is 17.2. The van der Waals surface area contributed by atoms with Crippen molar-refractivity contribution >= 4 is 18.9 Å². The molecule has 1 aromatic carbocycles. The molecule has 1 amide bonds. The lowest BCUT2D eigenvalue weighted by Gasteiger charge is -2.32. The quantitative estimate of drug-likeness (QED) is 0.695. The second kappa shape index (κ2) is 5.99. The highest BCUT2D eigenvalue weighted by Gasteiger charge is 2.56. The minimum Gasteiger partial charge on any atom is -0.443 e. The summed E-state index contributed by atoms with van der Waals surface area (Å²) in [6.45, 7) is 16.3. The van der Waals surface area contributed by atoms with Crippen molar-refractivity contribution in [1.29, 1.82) is 0 Å². The van der Waals surface area contributed by atoms with Crippen LogP contribution in [0.4, 0.5) is 10.5 Å². The molecule has 6 heteroatoms. The Bertz CT molecular complexity index is 707. The number of hydrogen-bond acceptors (Lipinski definition) is 4. The molecule has 3 rings (SSSR count). The van der Waals surface area contributed by atoms with Crippen LogP contribution in [0.15, 0.2) is 18.2 Å². The average molecular weight is 359 g/mol. The summed E-state index contributed by atoms with van der Waals surface area (Å²) in [5, 5.41) is 0. The lowest BCUT2D eigenvalue weighted by Crippen LogP contribution is -2.41. The van der Waals surface area contributed by atoms with Crippen LogP contribution in [0.5, 0.6) is 0 Å². The van der Waals surface area contributed by atoms with Crippen LogP contribution >= 0.6 is 0 Å². The van der Waals surface area contributed by atoms with E-state index in [0.29, 0.717) is 6.54 Å². The first-order valence-electron chi connectivity index (χ1n) is 9.28. The number of carbonyl (C=O) groups excluding carboxylic acids is 1. The van der Waals surface area contributed by atoms with Crippen molar-refractivity contribution in [2.75, 3.05) is 11.4 Å². The van der Waals surface area contributed by atoms with Crippen molar-refractivity contribution in [3.8, 4) is 0 Å². The summed E-state index contributed by atoms with van der Waals surface area (Å²) in [7, 11) is -0.395. The number of para-hydroxylation sites is 1. The first-order chi connectivity index (χ1) is 11.8. The Hall–Kier alpha value is -1.53. The lowest BCUT2D eigenvalue weighted by molar-refractivity contribution is 0.00578. The van der Waals surface area contributed by atoms with E-state index in [-0.39, 0.29) is 11.9 Å². The molecule has 142 valence electrons. The normalized spacial score (nSPS) is 23.9. The fourth-order valence-corrected chi connectivity index (χ4v) is 3.50. The van der Waals surface area contributed by atoms with E-state index >= 15 is 0 Å². The van der Waals surface area contributed by atoms with Gasteiger partial charge in [-0.25, -0.2) is 4.79 Å². The SMILES string of the molecule is Cc1cccc2c1N(C(=O)OC(C)(C)C)CC2B1OC(C)(C)C(C)(C)O1. The van der Waals surface area contributed by atoms with E-state index in [1.807, 2.05) is 67.5 Å². The first-order valence-corrected chi connectivity index (χ1v) is 9.28. The number of carbonyl (C=O) groups is 1. The summed E-state index contributed by atoms with van der Waals surface area (Å²) in [5.41, 5.74) is 1.70. The van der Waals surface area contributed by atoms with Gasteiger partial charge in [0.15, 0.2) is 0 Å². The number of rotatable bonds is 1. The third kappa shape index (κ3) is 3.25. The van der Waals surface area contributed by atoms with E-state index in [2.05, 4.69) is 6.07 Å². The van der Waals surface area contributed by atoms with Gasteiger partial charge in [-0.05, 0) is 66.5 Å². The molecule has 1 fully saturated rings. The van der Waals surface area contributed by atoms with Gasteiger partial charge < -0.3 is 14.0 Å². The summed E-state index contributed by atoms with van der Waals surface area (Å²) in [5.74, 6) is -0.0431. The van der Waals surface area contributed by atoms with E-state index in [1.165, 1.54) is 0 Å². The van der Waals surface area contributed by atoms with Crippen LogP contribution in [0.1, 0.15) is 65.4 Å². The standard InChI is InChI=1S/C20H30BNO4/c1-13-10-9-11-14-15(21-25-19(5,6)20(7,8)26-21)12-22(16(13)14)17(23)24-18(2,3)4/h9-11,15H,12H2,1-8H3. The summed E-state index contributed by atoms with van der Waals surface area (Å²) >= 11 is 0. The van der Waals surface area contributed by atoms with E-state index in [9.17, 15) is 4.79 Å². The number of amides is 1. The highest BCUT2D eigenvalue weighted by Crippen LogP contribution is 2.46. The number of anilines is 1. The minimum absolute atomic E-state index is 0.0431. The monoisotopic (exact) mass is 359 g/mol. The number of nitrogens with zero attached hydrogens (tertiary/aromatic N) is 1. The molecule has 1 aromatic rings. The number of benzene rings is 1. The van der Waals surface area contributed by atoms with Crippen molar-refractivity contribution < 1.29 is 18.8 Å².